The van der Waals surface area contributed by atoms with Gasteiger partial charge in [0.1, 0.15) is 0 Å². The zero-order valence-electron chi connectivity index (χ0n) is 16.8. The van der Waals surface area contributed by atoms with Gasteiger partial charge in [0.15, 0.2) is 5.69 Å². The van der Waals surface area contributed by atoms with Crippen LogP contribution < -0.4 is 10.6 Å². The summed E-state index contributed by atoms with van der Waals surface area (Å²) in [5.74, 6) is -1.34. The predicted octanol–water partition coefficient (Wildman–Crippen LogP) is 5.00. The van der Waals surface area contributed by atoms with Gasteiger partial charge in [-0.05, 0) is 50.1 Å². The quantitative estimate of drug-likeness (QED) is 0.560. The van der Waals surface area contributed by atoms with Gasteiger partial charge in [-0.1, -0.05) is 29.3 Å². The van der Waals surface area contributed by atoms with Gasteiger partial charge in [-0.25, -0.2) is 4.68 Å². The van der Waals surface area contributed by atoms with Crippen molar-refractivity contribution in [3.8, 4) is 5.69 Å². The summed E-state index contributed by atoms with van der Waals surface area (Å²) in [7, 11) is 0. The number of aryl methyl sites for hydroxylation is 1. The third-order valence-corrected chi connectivity index (χ3v) is 5.26. The molecule has 2 amide bonds. The fourth-order valence-electron chi connectivity index (χ4n) is 3.14. The van der Waals surface area contributed by atoms with Crippen LogP contribution in [0.15, 0.2) is 48.7 Å². The normalized spacial score (nSPS) is 13.7. The van der Waals surface area contributed by atoms with E-state index in [2.05, 4.69) is 15.7 Å². The first-order valence-corrected chi connectivity index (χ1v) is 10.2. The summed E-state index contributed by atoms with van der Waals surface area (Å²) in [4.78, 5) is 24.8. The Kier molecular flexibility index (Phi) is 5.68. The summed E-state index contributed by atoms with van der Waals surface area (Å²) in [5, 5.41) is 9.06. The Balaban J connectivity index is 1.60. The molecule has 0 unspecified atom stereocenters. The summed E-state index contributed by atoms with van der Waals surface area (Å²) in [6, 6.07) is 10.6. The molecule has 2 N–H and O–H groups in total. The molecule has 0 aliphatic heterocycles. The van der Waals surface area contributed by atoms with E-state index in [1.165, 1.54) is 30.3 Å². The molecule has 32 heavy (non-hydrogen) atoms. The van der Waals surface area contributed by atoms with Crippen molar-refractivity contribution in [2.45, 2.75) is 32.0 Å². The molecular formula is C22H18ClF3N4O2. The van der Waals surface area contributed by atoms with Gasteiger partial charge in [0.05, 0.1) is 28.0 Å². The molecular weight excluding hydrogens is 445 g/mol. The number of nitrogens with zero attached hydrogens (tertiary/aromatic N) is 2. The molecule has 166 valence electrons. The molecule has 1 heterocycles. The molecule has 1 aromatic heterocycles. The third-order valence-electron chi connectivity index (χ3n) is 4.95. The highest BCUT2D eigenvalue weighted by molar-refractivity contribution is 6.34. The van der Waals surface area contributed by atoms with Gasteiger partial charge < -0.3 is 10.6 Å². The minimum absolute atomic E-state index is 0.0762. The number of halogens is 4. The Bertz CT molecular complexity index is 1180. The summed E-state index contributed by atoms with van der Waals surface area (Å²) in [6.45, 7) is 1.81. The molecule has 0 atom stereocenters. The maximum atomic E-state index is 13.8. The SMILES string of the molecule is Cc1ccc(-n2ncc(C(=O)Nc3ccc(C(=O)NC4CC4)c(Cl)c3)c2C(F)(F)F)cc1. The van der Waals surface area contributed by atoms with E-state index in [0.29, 0.717) is 4.68 Å². The zero-order chi connectivity index (χ0) is 23.0. The van der Waals surface area contributed by atoms with Crippen molar-refractivity contribution in [3.63, 3.8) is 0 Å². The number of benzene rings is 2. The highest BCUT2D eigenvalue weighted by atomic mass is 35.5. The van der Waals surface area contributed by atoms with Crippen molar-refractivity contribution >= 4 is 29.1 Å². The second-order valence-corrected chi connectivity index (χ2v) is 7.96. The maximum Gasteiger partial charge on any atom is 0.434 e. The molecule has 0 saturated heterocycles. The van der Waals surface area contributed by atoms with Crippen LogP contribution in [0.25, 0.3) is 5.69 Å². The topological polar surface area (TPSA) is 76.0 Å². The molecule has 1 saturated carbocycles. The number of hydrogen-bond acceptors (Lipinski definition) is 3. The van der Waals surface area contributed by atoms with Crippen LogP contribution in [0.2, 0.25) is 5.02 Å². The van der Waals surface area contributed by atoms with Crippen LogP contribution in [0.1, 0.15) is 44.8 Å². The maximum absolute atomic E-state index is 13.8. The monoisotopic (exact) mass is 462 g/mol. The Labute approximate surface area is 186 Å². The van der Waals surface area contributed by atoms with E-state index in [-0.39, 0.29) is 33.9 Å². The number of nitrogens with one attached hydrogen (secondary N) is 2. The van der Waals surface area contributed by atoms with Crippen molar-refractivity contribution < 1.29 is 22.8 Å². The van der Waals surface area contributed by atoms with E-state index in [1.807, 2.05) is 6.92 Å². The average Bonchev–Trinajstić information content (AvgIpc) is 3.40. The van der Waals surface area contributed by atoms with E-state index < -0.39 is 23.3 Å². The first-order chi connectivity index (χ1) is 15.1. The summed E-state index contributed by atoms with van der Waals surface area (Å²) in [5.41, 5.74) is -0.399. The van der Waals surface area contributed by atoms with Gasteiger partial charge in [0.2, 0.25) is 0 Å². The Morgan fingerprint density at radius 1 is 1.06 bits per heavy atom. The van der Waals surface area contributed by atoms with Gasteiger partial charge >= 0.3 is 6.18 Å². The molecule has 10 heteroatoms. The van der Waals surface area contributed by atoms with E-state index in [4.69, 9.17) is 11.6 Å². The molecule has 1 fully saturated rings. The van der Waals surface area contributed by atoms with Crippen molar-refractivity contribution in [3.05, 3.63) is 76.1 Å². The lowest BCUT2D eigenvalue weighted by Crippen LogP contribution is -2.25. The second-order valence-electron chi connectivity index (χ2n) is 7.55. The van der Waals surface area contributed by atoms with E-state index in [0.717, 1.165) is 24.6 Å². The lowest BCUT2D eigenvalue weighted by Gasteiger charge is -2.13. The highest BCUT2D eigenvalue weighted by Crippen LogP contribution is 2.34. The van der Waals surface area contributed by atoms with Crippen LogP contribution >= 0.6 is 11.6 Å². The van der Waals surface area contributed by atoms with Crippen molar-refractivity contribution in [2.24, 2.45) is 0 Å². The van der Waals surface area contributed by atoms with Crippen LogP contribution in [0, 0.1) is 6.92 Å². The van der Waals surface area contributed by atoms with E-state index in [9.17, 15) is 22.8 Å². The molecule has 6 nitrogen and oxygen atoms in total. The first kappa shape index (κ1) is 21.9. The molecule has 4 rings (SSSR count). The number of aromatic nitrogens is 2. The summed E-state index contributed by atoms with van der Waals surface area (Å²) < 4.78 is 42.1. The largest absolute Gasteiger partial charge is 0.434 e. The van der Waals surface area contributed by atoms with Crippen LogP contribution in [0.3, 0.4) is 0 Å². The minimum atomic E-state index is -4.82. The van der Waals surface area contributed by atoms with Crippen molar-refractivity contribution in [2.75, 3.05) is 5.32 Å². The summed E-state index contributed by atoms with van der Waals surface area (Å²) >= 11 is 6.15. The fraction of sp³-hybridized carbons (Fsp3) is 0.227. The molecule has 0 bridgehead atoms. The number of anilines is 1. The Morgan fingerprint density at radius 3 is 2.34 bits per heavy atom. The number of carbonyl (C=O) groups excluding carboxylic acids is 2. The van der Waals surface area contributed by atoms with Crippen molar-refractivity contribution in [1.82, 2.24) is 15.1 Å². The third kappa shape index (κ3) is 4.62. The van der Waals surface area contributed by atoms with Crippen LogP contribution in [0.4, 0.5) is 18.9 Å². The standard InChI is InChI=1S/C22H18ClF3N4O2/c1-12-2-7-15(8-3-12)30-19(22(24,25)26)17(11-27-30)21(32)29-14-6-9-16(18(23)10-14)20(31)28-13-4-5-13/h2-3,6-11,13H,4-5H2,1H3,(H,28,31)(H,29,32). The smallest absolute Gasteiger partial charge is 0.349 e. The van der Waals surface area contributed by atoms with Gasteiger partial charge in [0, 0.05) is 11.7 Å². The van der Waals surface area contributed by atoms with E-state index in [1.54, 1.807) is 12.1 Å². The number of amides is 2. The van der Waals surface area contributed by atoms with Gasteiger partial charge in [0.25, 0.3) is 11.8 Å². The Morgan fingerprint density at radius 2 is 1.75 bits per heavy atom. The average molecular weight is 463 g/mol. The van der Waals surface area contributed by atoms with Gasteiger partial charge in [-0.15, -0.1) is 0 Å². The van der Waals surface area contributed by atoms with Crippen LogP contribution in [-0.4, -0.2) is 27.6 Å². The van der Waals surface area contributed by atoms with Crippen molar-refractivity contribution in [1.29, 1.82) is 0 Å². The number of alkyl halides is 3. The lowest BCUT2D eigenvalue weighted by molar-refractivity contribution is -0.143. The molecule has 0 spiro atoms. The molecule has 2 aromatic carbocycles. The predicted molar refractivity (Wildman–Crippen MR) is 113 cm³/mol. The molecule has 0 radical (unpaired) electrons. The first-order valence-electron chi connectivity index (χ1n) is 9.77. The Hall–Kier alpha value is -3.33. The lowest BCUT2D eigenvalue weighted by atomic mass is 10.1. The minimum Gasteiger partial charge on any atom is -0.349 e. The molecule has 1 aliphatic carbocycles. The highest BCUT2D eigenvalue weighted by Gasteiger charge is 2.40. The zero-order valence-corrected chi connectivity index (χ0v) is 17.6. The molecule has 1 aliphatic rings. The molecule has 3 aromatic rings. The number of rotatable bonds is 5. The van der Waals surface area contributed by atoms with E-state index >= 15 is 0 Å². The second kappa shape index (κ2) is 8.31. The number of carbonyl (C=O) groups is 2. The van der Waals surface area contributed by atoms with Crippen LogP contribution in [-0.2, 0) is 6.18 Å². The summed E-state index contributed by atoms with van der Waals surface area (Å²) in [6.07, 6.45) is -2.13. The van der Waals surface area contributed by atoms with Gasteiger partial charge in [-0.3, -0.25) is 9.59 Å². The fourth-order valence-corrected chi connectivity index (χ4v) is 3.40. The van der Waals surface area contributed by atoms with Crippen LogP contribution in [0.5, 0.6) is 0 Å². The number of hydrogen-bond donors (Lipinski definition) is 2. The van der Waals surface area contributed by atoms with Gasteiger partial charge in [-0.2, -0.15) is 18.3 Å².